The topological polar surface area (TPSA) is 42.8 Å². The predicted molar refractivity (Wildman–Crippen MR) is 63.1 cm³/mol. The van der Waals surface area contributed by atoms with Crippen LogP contribution in [-0.2, 0) is 4.74 Å². The Morgan fingerprint density at radius 1 is 1.25 bits per heavy atom. The number of nitrogens with one attached hydrogen (secondary N) is 1. The van der Waals surface area contributed by atoms with Crippen molar-refractivity contribution < 1.29 is 4.74 Å². The van der Waals surface area contributed by atoms with Crippen molar-refractivity contribution in [2.45, 2.75) is 44.1 Å². The summed E-state index contributed by atoms with van der Waals surface area (Å²) in [6.07, 6.45) is 6.49. The van der Waals surface area contributed by atoms with Crippen LogP contribution in [0.4, 0.5) is 0 Å². The first kappa shape index (κ1) is 10.5. The molecule has 1 aromatic rings. The van der Waals surface area contributed by atoms with Gasteiger partial charge in [0, 0.05) is 6.04 Å². The molecule has 1 aliphatic heterocycles. The Labute approximate surface area is 100 Å². The summed E-state index contributed by atoms with van der Waals surface area (Å²) in [4.78, 5) is 0. The minimum Gasteiger partial charge on any atom is -0.380 e. The van der Waals surface area contributed by atoms with Crippen molar-refractivity contribution in [3.05, 3.63) is 10.6 Å². The van der Waals surface area contributed by atoms with Crippen LogP contribution in [0.3, 0.4) is 0 Å². The first-order valence-electron chi connectivity index (χ1n) is 6.11. The summed E-state index contributed by atoms with van der Waals surface area (Å²) in [5.41, 5.74) is 0. The molecule has 0 amide bonds. The molecular formula is C11H17N3OS. The molecule has 1 aromatic heterocycles. The minimum absolute atomic E-state index is 0.454. The van der Waals surface area contributed by atoms with Gasteiger partial charge in [0.1, 0.15) is 5.82 Å². The van der Waals surface area contributed by atoms with E-state index in [0.717, 1.165) is 23.8 Å². The van der Waals surface area contributed by atoms with Crippen molar-refractivity contribution >= 4 is 12.2 Å². The highest BCUT2D eigenvalue weighted by Gasteiger charge is 2.29. The van der Waals surface area contributed by atoms with Gasteiger partial charge in [-0.15, -0.1) is 0 Å². The smallest absolute Gasteiger partial charge is 0.195 e. The molecule has 3 rings (SSSR count). The molecule has 4 nitrogen and oxygen atoms in total. The summed E-state index contributed by atoms with van der Waals surface area (Å²) in [5, 5.41) is 7.32. The first-order valence-corrected chi connectivity index (χ1v) is 6.51. The fourth-order valence-electron chi connectivity index (χ4n) is 2.68. The molecule has 5 heteroatoms. The highest BCUT2D eigenvalue weighted by atomic mass is 32.1. The van der Waals surface area contributed by atoms with Crippen LogP contribution >= 0.6 is 12.2 Å². The molecule has 88 valence electrons. The normalized spacial score (nSPS) is 23.2. The van der Waals surface area contributed by atoms with Crippen molar-refractivity contribution in [1.29, 1.82) is 0 Å². The van der Waals surface area contributed by atoms with Crippen molar-refractivity contribution in [1.82, 2.24) is 14.8 Å². The molecule has 1 saturated heterocycles. The summed E-state index contributed by atoms with van der Waals surface area (Å²) < 4.78 is 8.28. The van der Waals surface area contributed by atoms with Gasteiger partial charge in [-0.3, -0.25) is 5.10 Å². The van der Waals surface area contributed by atoms with E-state index in [2.05, 4.69) is 14.8 Å². The van der Waals surface area contributed by atoms with E-state index in [4.69, 9.17) is 17.0 Å². The second-order valence-corrected chi connectivity index (χ2v) is 5.17. The zero-order chi connectivity index (χ0) is 11.0. The number of aromatic nitrogens is 3. The van der Waals surface area contributed by atoms with Crippen LogP contribution in [0, 0.1) is 4.77 Å². The highest BCUT2D eigenvalue weighted by Crippen LogP contribution is 2.32. The van der Waals surface area contributed by atoms with Crippen LogP contribution < -0.4 is 0 Å². The van der Waals surface area contributed by atoms with E-state index in [9.17, 15) is 0 Å². The van der Waals surface area contributed by atoms with E-state index in [-0.39, 0.29) is 0 Å². The number of aromatic amines is 1. The number of ether oxygens (including phenoxy) is 1. The molecular weight excluding hydrogens is 222 g/mol. The first-order chi connectivity index (χ1) is 7.86. The maximum atomic E-state index is 5.35. The van der Waals surface area contributed by atoms with Gasteiger partial charge in [-0.25, -0.2) is 0 Å². The predicted octanol–water partition coefficient (Wildman–Crippen LogP) is 2.56. The summed E-state index contributed by atoms with van der Waals surface area (Å²) in [5.74, 6) is 1.57. The average Bonchev–Trinajstić information content (AvgIpc) is 2.59. The maximum Gasteiger partial charge on any atom is 0.195 e. The van der Waals surface area contributed by atoms with Gasteiger partial charge in [0.05, 0.1) is 19.1 Å². The molecule has 0 atom stereocenters. The Kier molecular flexibility index (Phi) is 2.81. The zero-order valence-corrected chi connectivity index (χ0v) is 10.1. The summed E-state index contributed by atoms with van der Waals surface area (Å²) in [6.45, 7) is 1.60. The van der Waals surface area contributed by atoms with Crippen molar-refractivity contribution in [3.8, 4) is 0 Å². The Bertz CT molecular complexity index is 415. The van der Waals surface area contributed by atoms with Crippen LogP contribution in [0.25, 0.3) is 0 Å². The van der Waals surface area contributed by atoms with Crippen molar-refractivity contribution in [3.63, 3.8) is 0 Å². The zero-order valence-electron chi connectivity index (χ0n) is 9.32. The fraction of sp³-hybridized carbons (Fsp3) is 0.818. The monoisotopic (exact) mass is 239 g/mol. The quantitative estimate of drug-likeness (QED) is 0.807. The van der Waals surface area contributed by atoms with Gasteiger partial charge in [-0.1, -0.05) is 19.3 Å². The van der Waals surface area contributed by atoms with E-state index in [0.29, 0.717) is 12.0 Å². The lowest BCUT2D eigenvalue weighted by Gasteiger charge is -2.29. The van der Waals surface area contributed by atoms with Crippen LogP contribution in [0.5, 0.6) is 0 Å². The lowest BCUT2D eigenvalue weighted by atomic mass is 9.94. The van der Waals surface area contributed by atoms with Gasteiger partial charge in [0.2, 0.25) is 0 Å². The van der Waals surface area contributed by atoms with E-state index >= 15 is 0 Å². The van der Waals surface area contributed by atoms with E-state index in [1.807, 2.05) is 0 Å². The second-order valence-electron chi connectivity index (χ2n) is 4.78. The van der Waals surface area contributed by atoms with Crippen LogP contribution in [0.15, 0.2) is 0 Å². The van der Waals surface area contributed by atoms with Gasteiger partial charge in [-0.2, -0.15) is 5.10 Å². The Morgan fingerprint density at radius 3 is 2.62 bits per heavy atom. The molecule has 1 saturated carbocycles. The summed E-state index contributed by atoms with van der Waals surface area (Å²) >= 11 is 5.35. The van der Waals surface area contributed by atoms with Crippen LogP contribution in [0.1, 0.15) is 49.9 Å². The summed E-state index contributed by atoms with van der Waals surface area (Å²) in [7, 11) is 0. The largest absolute Gasteiger partial charge is 0.380 e. The fourth-order valence-corrected chi connectivity index (χ4v) is 2.97. The molecule has 0 radical (unpaired) electrons. The number of hydrogen-bond donors (Lipinski definition) is 1. The molecule has 0 spiro atoms. The minimum atomic E-state index is 0.454. The van der Waals surface area contributed by atoms with Crippen LogP contribution in [-0.4, -0.2) is 28.0 Å². The lowest BCUT2D eigenvalue weighted by molar-refractivity contribution is 0.00244. The third-order valence-electron chi connectivity index (χ3n) is 3.67. The van der Waals surface area contributed by atoms with Gasteiger partial charge in [0.15, 0.2) is 4.77 Å². The number of nitrogens with zero attached hydrogens (tertiary/aromatic N) is 2. The molecule has 2 heterocycles. The maximum absolute atomic E-state index is 5.35. The van der Waals surface area contributed by atoms with E-state index < -0.39 is 0 Å². The average molecular weight is 239 g/mol. The van der Waals surface area contributed by atoms with Gasteiger partial charge < -0.3 is 9.30 Å². The van der Waals surface area contributed by atoms with Gasteiger partial charge in [-0.05, 0) is 25.1 Å². The second kappa shape index (κ2) is 4.30. The molecule has 0 unspecified atom stereocenters. The number of rotatable bonds is 2. The Morgan fingerprint density at radius 2 is 2.00 bits per heavy atom. The SMILES string of the molecule is S=c1[nH]nc(C2COC2)n1C1CCCCC1. The van der Waals surface area contributed by atoms with Gasteiger partial charge in [0.25, 0.3) is 0 Å². The number of H-pyrrole nitrogens is 1. The summed E-state index contributed by atoms with van der Waals surface area (Å²) in [6, 6.07) is 0.565. The van der Waals surface area contributed by atoms with Crippen molar-refractivity contribution in [2.24, 2.45) is 0 Å². The lowest BCUT2D eigenvalue weighted by Crippen LogP contribution is -2.29. The molecule has 1 aliphatic carbocycles. The number of hydrogen-bond acceptors (Lipinski definition) is 3. The third kappa shape index (κ3) is 1.72. The van der Waals surface area contributed by atoms with E-state index in [1.165, 1.54) is 32.1 Å². The highest BCUT2D eigenvalue weighted by molar-refractivity contribution is 7.71. The molecule has 2 fully saturated rings. The molecule has 1 N–H and O–H groups in total. The molecule has 16 heavy (non-hydrogen) atoms. The van der Waals surface area contributed by atoms with Gasteiger partial charge >= 0.3 is 0 Å². The Balaban J connectivity index is 1.91. The third-order valence-corrected chi connectivity index (χ3v) is 3.96. The van der Waals surface area contributed by atoms with Crippen LogP contribution in [0.2, 0.25) is 0 Å². The molecule has 0 aromatic carbocycles. The Hall–Kier alpha value is -0.680. The standard InChI is InChI=1S/C11H17N3OS/c16-11-13-12-10(8-6-15-7-8)14(11)9-4-2-1-3-5-9/h8-9H,1-7H2,(H,13,16). The molecule has 0 bridgehead atoms. The molecule has 2 aliphatic rings. The van der Waals surface area contributed by atoms with Crippen molar-refractivity contribution in [2.75, 3.05) is 13.2 Å². The van der Waals surface area contributed by atoms with E-state index in [1.54, 1.807) is 0 Å².